The first-order chi connectivity index (χ1) is 8.63. The van der Waals surface area contributed by atoms with Gasteiger partial charge in [-0.2, -0.15) is 16.9 Å². The summed E-state index contributed by atoms with van der Waals surface area (Å²) in [5.74, 6) is -2.44. The van der Waals surface area contributed by atoms with Gasteiger partial charge in [0.15, 0.2) is 0 Å². The van der Waals surface area contributed by atoms with Crippen LogP contribution in [-0.4, -0.2) is 61.0 Å². The number of carbonyl (C=O) groups is 2. The van der Waals surface area contributed by atoms with E-state index in [0.29, 0.717) is 0 Å². The molecule has 2 atom stereocenters. The molecule has 112 valence electrons. The predicted octanol–water partition coefficient (Wildman–Crippen LogP) is -0.170. The van der Waals surface area contributed by atoms with E-state index in [4.69, 9.17) is 9.84 Å². The SMILES string of the molecule is CCN(C[C@H](OC(=O)[C@H](C)CS)C(=O)O)S(C)(=O)=O. The fourth-order valence-electron chi connectivity index (χ4n) is 1.18. The molecule has 0 radical (unpaired) electrons. The van der Waals surface area contributed by atoms with Crippen LogP contribution in [0.4, 0.5) is 0 Å². The van der Waals surface area contributed by atoms with Gasteiger partial charge in [-0.05, 0) is 0 Å². The molecule has 0 aromatic heterocycles. The van der Waals surface area contributed by atoms with Gasteiger partial charge in [-0.25, -0.2) is 13.2 Å². The standard InChI is InChI=1S/C10H19NO6S2/c1-4-11(19(3,15)16)5-8(9(12)13)17-10(14)7(2)6-18/h7-8,18H,4-6H2,1-3H3,(H,12,13)/t7-,8+/m1/s1. The predicted molar refractivity (Wildman–Crippen MR) is 72.6 cm³/mol. The number of sulfonamides is 1. The molecule has 0 unspecified atom stereocenters. The number of nitrogens with zero attached hydrogens (tertiary/aromatic N) is 1. The van der Waals surface area contributed by atoms with E-state index in [9.17, 15) is 18.0 Å². The van der Waals surface area contributed by atoms with Crippen molar-refractivity contribution in [1.29, 1.82) is 0 Å². The molecule has 7 nitrogen and oxygen atoms in total. The summed E-state index contributed by atoms with van der Waals surface area (Å²) in [7, 11) is -3.54. The number of hydrogen-bond acceptors (Lipinski definition) is 6. The molecule has 9 heteroatoms. The van der Waals surface area contributed by atoms with Crippen LogP contribution in [0.1, 0.15) is 13.8 Å². The van der Waals surface area contributed by atoms with Crippen molar-refractivity contribution < 1.29 is 27.9 Å². The highest BCUT2D eigenvalue weighted by Crippen LogP contribution is 2.08. The molecule has 0 rings (SSSR count). The van der Waals surface area contributed by atoms with Crippen LogP contribution in [0, 0.1) is 5.92 Å². The van der Waals surface area contributed by atoms with Gasteiger partial charge >= 0.3 is 11.9 Å². The van der Waals surface area contributed by atoms with Gasteiger partial charge in [-0.3, -0.25) is 4.79 Å². The van der Waals surface area contributed by atoms with Gasteiger partial charge in [0.25, 0.3) is 0 Å². The fourth-order valence-corrected chi connectivity index (χ4v) is 2.20. The van der Waals surface area contributed by atoms with Crippen molar-refractivity contribution in [3.05, 3.63) is 0 Å². The normalized spacial score (nSPS) is 15.0. The Labute approximate surface area is 118 Å². The number of aliphatic carboxylic acids is 1. The van der Waals surface area contributed by atoms with E-state index in [1.807, 2.05) is 0 Å². The monoisotopic (exact) mass is 313 g/mol. The van der Waals surface area contributed by atoms with Gasteiger partial charge in [0, 0.05) is 12.3 Å². The largest absolute Gasteiger partial charge is 0.478 e. The molecule has 0 bridgehead atoms. The van der Waals surface area contributed by atoms with Crippen LogP contribution in [-0.2, 0) is 24.3 Å². The van der Waals surface area contributed by atoms with Crippen molar-refractivity contribution in [3.63, 3.8) is 0 Å². The Morgan fingerprint density at radius 3 is 2.26 bits per heavy atom. The molecular formula is C10H19NO6S2. The van der Waals surface area contributed by atoms with E-state index in [-0.39, 0.29) is 12.3 Å². The Morgan fingerprint density at radius 2 is 1.95 bits per heavy atom. The second-order valence-corrected chi connectivity index (χ2v) is 6.41. The Balaban J connectivity index is 4.85. The van der Waals surface area contributed by atoms with Crippen molar-refractivity contribution in [2.45, 2.75) is 20.0 Å². The molecule has 0 saturated heterocycles. The summed E-state index contributed by atoms with van der Waals surface area (Å²) < 4.78 is 28.5. The Bertz CT molecular complexity index is 422. The number of ether oxygens (including phenoxy) is 1. The molecule has 0 saturated carbocycles. The molecule has 0 aromatic rings. The van der Waals surface area contributed by atoms with E-state index in [1.54, 1.807) is 13.8 Å². The number of thiol groups is 1. The number of esters is 1. The van der Waals surface area contributed by atoms with Crippen LogP contribution in [0.25, 0.3) is 0 Å². The fraction of sp³-hybridized carbons (Fsp3) is 0.800. The van der Waals surface area contributed by atoms with Gasteiger partial charge in [0.05, 0.1) is 18.7 Å². The first-order valence-corrected chi connectivity index (χ1v) is 8.10. The summed E-state index contributed by atoms with van der Waals surface area (Å²) in [6, 6.07) is 0. The van der Waals surface area contributed by atoms with Crippen LogP contribution in [0.5, 0.6) is 0 Å². The molecule has 0 aliphatic rings. The van der Waals surface area contributed by atoms with Crippen molar-refractivity contribution >= 4 is 34.6 Å². The lowest BCUT2D eigenvalue weighted by atomic mass is 10.2. The maximum Gasteiger partial charge on any atom is 0.346 e. The molecular weight excluding hydrogens is 294 g/mol. The van der Waals surface area contributed by atoms with E-state index < -0.39 is 40.5 Å². The van der Waals surface area contributed by atoms with Crippen LogP contribution in [0.15, 0.2) is 0 Å². The van der Waals surface area contributed by atoms with E-state index in [0.717, 1.165) is 10.6 Å². The number of carbonyl (C=O) groups excluding carboxylic acids is 1. The summed E-state index contributed by atoms with van der Waals surface area (Å²) in [4.78, 5) is 22.5. The summed E-state index contributed by atoms with van der Waals surface area (Å²) in [5.41, 5.74) is 0. The summed E-state index contributed by atoms with van der Waals surface area (Å²) >= 11 is 3.91. The Morgan fingerprint density at radius 1 is 1.42 bits per heavy atom. The minimum Gasteiger partial charge on any atom is -0.478 e. The first-order valence-electron chi connectivity index (χ1n) is 5.62. The van der Waals surface area contributed by atoms with Gasteiger partial charge in [0.2, 0.25) is 16.1 Å². The first kappa shape index (κ1) is 18.2. The Kier molecular flexibility index (Phi) is 7.38. The van der Waals surface area contributed by atoms with Gasteiger partial charge in [0.1, 0.15) is 0 Å². The van der Waals surface area contributed by atoms with Gasteiger partial charge < -0.3 is 9.84 Å². The molecule has 0 heterocycles. The van der Waals surface area contributed by atoms with Crippen LogP contribution < -0.4 is 0 Å². The number of carboxylic acid groups (broad SMARTS) is 1. The van der Waals surface area contributed by atoms with Crippen molar-refractivity contribution in [1.82, 2.24) is 4.31 Å². The lowest BCUT2D eigenvalue weighted by Crippen LogP contribution is -2.43. The number of hydrogen-bond donors (Lipinski definition) is 2. The average Bonchev–Trinajstić information content (AvgIpc) is 2.30. The molecule has 0 aliphatic carbocycles. The molecule has 0 aliphatic heterocycles. The maximum absolute atomic E-state index is 11.5. The third-order valence-corrected chi connectivity index (χ3v) is 4.29. The van der Waals surface area contributed by atoms with Gasteiger partial charge in [-0.1, -0.05) is 13.8 Å². The highest BCUT2D eigenvalue weighted by molar-refractivity contribution is 7.88. The lowest BCUT2D eigenvalue weighted by molar-refractivity contribution is -0.166. The van der Waals surface area contributed by atoms with Gasteiger partial charge in [-0.15, -0.1) is 0 Å². The van der Waals surface area contributed by atoms with Crippen LogP contribution in [0.2, 0.25) is 0 Å². The zero-order chi connectivity index (χ0) is 15.2. The molecule has 0 fully saturated rings. The zero-order valence-electron chi connectivity index (χ0n) is 11.1. The minimum absolute atomic E-state index is 0.0995. The number of likely N-dealkylation sites (N-methyl/N-ethyl adjacent to an activating group) is 1. The summed E-state index contributed by atoms with van der Waals surface area (Å²) in [6.07, 6.45) is -0.558. The molecule has 0 spiro atoms. The third kappa shape index (κ3) is 6.26. The highest BCUT2D eigenvalue weighted by Gasteiger charge is 2.29. The molecule has 19 heavy (non-hydrogen) atoms. The second kappa shape index (κ2) is 7.71. The van der Waals surface area contributed by atoms with Crippen molar-refractivity contribution in [2.24, 2.45) is 5.92 Å². The maximum atomic E-state index is 11.5. The zero-order valence-corrected chi connectivity index (χ0v) is 12.8. The van der Waals surface area contributed by atoms with Crippen LogP contribution >= 0.6 is 12.6 Å². The molecule has 0 amide bonds. The molecule has 0 aromatic carbocycles. The smallest absolute Gasteiger partial charge is 0.346 e. The highest BCUT2D eigenvalue weighted by atomic mass is 32.2. The Hall–Kier alpha value is -0.800. The summed E-state index contributed by atoms with van der Waals surface area (Å²) in [5, 5.41) is 8.97. The number of rotatable bonds is 8. The molecule has 1 N–H and O–H groups in total. The minimum atomic E-state index is -3.54. The van der Waals surface area contributed by atoms with Crippen LogP contribution in [0.3, 0.4) is 0 Å². The van der Waals surface area contributed by atoms with E-state index in [2.05, 4.69) is 12.6 Å². The van der Waals surface area contributed by atoms with Crippen molar-refractivity contribution in [3.8, 4) is 0 Å². The van der Waals surface area contributed by atoms with E-state index >= 15 is 0 Å². The quantitative estimate of drug-likeness (QED) is 0.476. The van der Waals surface area contributed by atoms with Crippen molar-refractivity contribution in [2.75, 3.05) is 25.1 Å². The number of carboxylic acids is 1. The van der Waals surface area contributed by atoms with E-state index in [1.165, 1.54) is 0 Å². The lowest BCUT2D eigenvalue weighted by Gasteiger charge is -2.23. The summed E-state index contributed by atoms with van der Waals surface area (Å²) in [6.45, 7) is 2.80. The topological polar surface area (TPSA) is 101 Å². The second-order valence-electron chi connectivity index (χ2n) is 4.06. The average molecular weight is 313 g/mol. The third-order valence-electron chi connectivity index (χ3n) is 2.40.